The number of imidazole rings is 1. The first-order valence-corrected chi connectivity index (χ1v) is 8.71. The number of hydrogen-bond acceptors (Lipinski definition) is 9. The zero-order valence-corrected chi connectivity index (χ0v) is 14.1. The Hall–Kier alpha value is -1.66. The van der Waals surface area contributed by atoms with E-state index >= 15 is 0 Å². The van der Waals surface area contributed by atoms with Crippen molar-refractivity contribution in [2.75, 3.05) is 13.7 Å². The van der Waals surface area contributed by atoms with Gasteiger partial charge in [-0.2, -0.15) is 4.98 Å². The zero-order valence-electron chi connectivity index (χ0n) is 13.3. The normalized spacial score (nSPS) is 27.1. The molecular formula is C12H17N4O8P. The van der Waals surface area contributed by atoms with Crippen molar-refractivity contribution in [3.05, 3.63) is 12.2 Å². The van der Waals surface area contributed by atoms with Gasteiger partial charge in [0.05, 0.1) is 20.0 Å². The van der Waals surface area contributed by atoms with Gasteiger partial charge in [-0.05, 0) is 6.92 Å². The highest BCUT2D eigenvalue weighted by Crippen LogP contribution is 2.39. The molecule has 4 N–H and O–H groups in total. The van der Waals surface area contributed by atoms with Gasteiger partial charge in [-0.25, -0.2) is 14.5 Å². The number of aryl methyl sites for hydroxylation is 1. The lowest BCUT2D eigenvalue weighted by Crippen LogP contribution is -2.33. The number of methoxy groups -OCH3 is 1. The number of aromatic nitrogens is 4. The zero-order chi connectivity index (χ0) is 18.4. The second kappa shape index (κ2) is 6.57. The first kappa shape index (κ1) is 18.1. The predicted octanol–water partition coefficient (Wildman–Crippen LogP) is -1.13. The fraction of sp³-hybridized carbons (Fsp3) is 0.583. The highest BCUT2D eigenvalue weighted by molar-refractivity contribution is 7.46. The van der Waals surface area contributed by atoms with Crippen LogP contribution in [-0.4, -0.2) is 71.5 Å². The number of phosphoric ester groups is 1. The molecule has 1 fully saturated rings. The number of ether oxygens (including phenoxy) is 2. The van der Waals surface area contributed by atoms with Crippen molar-refractivity contribution in [1.82, 2.24) is 19.5 Å². The number of phosphoric acid groups is 1. The van der Waals surface area contributed by atoms with Crippen molar-refractivity contribution in [3.63, 3.8) is 0 Å². The fourth-order valence-corrected chi connectivity index (χ4v) is 2.93. The first-order valence-electron chi connectivity index (χ1n) is 7.18. The molecule has 25 heavy (non-hydrogen) atoms. The van der Waals surface area contributed by atoms with Crippen LogP contribution in [0.1, 0.15) is 12.1 Å². The Morgan fingerprint density at radius 3 is 2.68 bits per heavy atom. The van der Waals surface area contributed by atoms with Crippen LogP contribution in [0.5, 0.6) is 5.88 Å². The lowest BCUT2D eigenvalue weighted by atomic mass is 10.1. The molecule has 0 bridgehead atoms. The minimum atomic E-state index is -4.73. The van der Waals surface area contributed by atoms with Crippen LogP contribution in [0.25, 0.3) is 11.2 Å². The van der Waals surface area contributed by atoms with Crippen molar-refractivity contribution < 1.29 is 38.6 Å². The molecule has 1 saturated heterocycles. The van der Waals surface area contributed by atoms with E-state index in [0.717, 1.165) is 0 Å². The molecule has 3 heterocycles. The van der Waals surface area contributed by atoms with Gasteiger partial charge in [-0.3, -0.25) is 9.09 Å². The van der Waals surface area contributed by atoms with Gasteiger partial charge in [0.25, 0.3) is 0 Å². The maximum atomic E-state index is 10.8. The Kier molecular flexibility index (Phi) is 4.77. The SMILES string of the molecule is COc1nc(C)nc2c1ncn2[C@@H]1OC(COP(=O)(O)O)[C@@H](O)[C@H]1O. The average molecular weight is 376 g/mol. The maximum absolute atomic E-state index is 10.8. The molecular weight excluding hydrogens is 359 g/mol. The van der Waals surface area contributed by atoms with E-state index in [-0.39, 0.29) is 5.88 Å². The van der Waals surface area contributed by atoms with Gasteiger partial charge in [0.2, 0.25) is 5.88 Å². The lowest BCUT2D eigenvalue weighted by molar-refractivity contribution is -0.0504. The van der Waals surface area contributed by atoms with Crippen molar-refractivity contribution >= 4 is 19.0 Å². The van der Waals surface area contributed by atoms with E-state index in [9.17, 15) is 14.8 Å². The molecule has 0 aliphatic carbocycles. The minimum Gasteiger partial charge on any atom is -0.479 e. The van der Waals surface area contributed by atoms with Crippen LogP contribution in [0.2, 0.25) is 0 Å². The Labute approximate surface area is 141 Å². The third kappa shape index (κ3) is 3.51. The molecule has 0 saturated carbocycles. The van der Waals surface area contributed by atoms with Crippen LogP contribution in [-0.2, 0) is 13.8 Å². The lowest BCUT2D eigenvalue weighted by Gasteiger charge is -2.16. The number of aliphatic hydroxyl groups excluding tert-OH is 2. The standard InChI is InChI=1S/C12H17N4O8P/c1-5-14-10-7(11(15-5)22-2)13-4-16(10)12-9(18)8(17)6(24-12)3-23-25(19,20)21/h4,6,8-9,12,17-18H,3H2,1-2H3,(H2,19,20,21)/t6?,8-,9-,12-/m1/s1. The summed E-state index contributed by atoms with van der Waals surface area (Å²) in [5.74, 6) is 0.649. The van der Waals surface area contributed by atoms with Crippen molar-refractivity contribution in [2.24, 2.45) is 0 Å². The van der Waals surface area contributed by atoms with Crippen LogP contribution >= 0.6 is 7.82 Å². The number of rotatable bonds is 5. The summed E-state index contributed by atoms with van der Waals surface area (Å²) < 4.78 is 27.2. The Bertz CT molecular complexity index is 823. The highest BCUT2D eigenvalue weighted by Gasteiger charge is 2.45. The summed E-state index contributed by atoms with van der Waals surface area (Å²) in [6.45, 7) is 1.06. The second-order valence-electron chi connectivity index (χ2n) is 5.44. The topological polar surface area (TPSA) is 169 Å². The van der Waals surface area contributed by atoms with Gasteiger partial charge in [0.1, 0.15) is 24.1 Å². The molecule has 2 aromatic rings. The molecule has 138 valence electrons. The van der Waals surface area contributed by atoms with Gasteiger partial charge < -0.3 is 29.5 Å². The molecule has 0 amide bonds. The van der Waals surface area contributed by atoms with Crippen LogP contribution in [0, 0.1) is 6.92 Å². The predicted molar refractivity (Wildman–Crippen MR) is 80.5 cm³/mol. The largest absolute Gasteiger partial charge is 0.479 e. The molecule has 4 atom stereocenters. The van der Waals surface area contributed by atoms with Crippen molar-refractivity contribution in [3.8, 4) is 5.88 Å². The van der Waals surface area contributed by atoms with E-state index < -0.39 is 39.0 Å². The van der Waals surface area contributed by atoms with E-state index in [1.807, 2.05) is 0 Å². The van der Waals surface area contributed by atoms with Gasteiger partial charge >= 0.3 is 7.82 Å². The Morgan fingerprint density at radius 1 is 1.32 bits per heavy atom. The van der Waals surface area contributed by atoms with Gasteiger partial charge in [-0.15, -0.1) is 0 Å². The molecule has 1 unspecified atom stereocenters. The number of fused-ring (bicyclic) bond motifs is 1. The Morgan fingerprint density at radius 2 is 2.04 bits per heavy atom. The maximum Gasteiger partial charge on any atom is 0.469 e. The summed E-state index contributed by atoms with van der Waals surface area (Å²) in [5.41, 5.74) is 0.658. The van der Waals surface area contributed by atoms with Crippen LogP contribution < -0.4 is 4.74 Å². The molecule has 0 radical (unpaired) electrons. The van der Waals surface area contributed by atoms with E-state index in [1.54, 1.807) is 6.92 Å². The van der Waals surface area contributed by atoms with E-state index in [1.165, 1.54) is 18.0 Å². The molecule has 1 aliphatic rings. The molecule has 0 spiro atoms. The summed E-state index contributed by atoms with van der Waals surface area (Å²) in [6.07, 6.45) is -3.68. The third-order valence-corrected chi connectivity index (χ3v) is 4.20. The van der Waals surface area contributed by atoms with Crippen LogP contribution in [0.3, 0.4) is 0 Å². The first-order chi connectivity index (χ1) is 11.7. The van der Waals surface area contributed by atoms with Crippen LogP contribution in [0.4, 0.5) is 0 Å². The average Bonchev–Trinajstić information content (AvgIpc) is 3.06. The van der Waals surface area contributed by atoms with Gasteiger partial charge in [0, 0.05) is 0 Å². The summed E-state index contributed by atoms with van der Waals surface area (Å²) >= 11 is 0. The van der Waals surface area contributed by atoms with E-state index in [0.29, 0.717) is 17.0 Å². The van der Waals surface area contributed by atoms with Crippen molar-refractivity contribution in [1.29, 1.82) is 0 Å². The van der Waals surface area contributed by atoms with Crippen molar-refractivity contribution in [2.45, 2.75) is 31.5 Å². The van der Waals surface area contributed by atoms with E-state index in [4.69, 9.17) is 19.3 Å². The summed E-state index contributed by atoms with van der Waals surface area (Å²) in [6, 6.07) is 0. The molecule has 13 heteroatoms. The molecule has 12 nitrogen and oxygen atoms in total. The monoisotopic (exact) mass is 376 g/mol. The van der Waals surface area contributed by atoms with E-state index in [2.05, 4.69) is 19.5 Å². The molecule has 3 rings (SSSR count). The van der Waals surface area contributed by atoms with Gasteiger partial charge in [-0.1, -0.05) is 0 Å². The summed E-state index contributed by atoms with van der Waals surface area (Å²) in [5, 5.41) is 20.3. The minimum absolute atomic E-state index is 0.246. The van der Waals surface area contributed by atoms with Gasteiger partial charge in [0.15, 0.2) is 17.4 Å². The Balaban J connectivity index is 1.90. The molecule has 1 aliphatic heterocycles. The smallest absolute Gasteiger partial charge is 0.469 e. The number of nitrogens with zero attached hydrogens (tertiary/aromatic N) is 4. The summed E-state index contributed by atoms with van der Waals surface area (Å²) in [7, 11) is -3.30. The summed E-state index contributed by atoms with van der Waals surface area (Å²) in [4.78, 5) is 30.0. The molecule has 2 aromatic heterocycles. The molecule has 0 aromatic carbocycles. The highest BCUT2D eigenvalue weighted by atomic mass is 31.2. The third-order valence-electron chi connectivity index (χ3n) is 3.71. The van der Waals surface area contributed by atoms with Crippen LogP contribution in [0.15, 0.2) is 6.33 Å². The number of aliphatic hydroxyl groups is 2. The fourth-order valence-electron chi connectivity index (χ4n) is 2.59. The quantitative estimate of drug-likeness (QED) is 0.466. The number of hydrogen-bond donors (Lipinski definition) is 4. The second-order valence-corrected chi connectivity index (χ2v) is 6.68.